The molecule has 1 saturated carbocycles. The zero-order valence-corrected chi connectivity index (χ0v) is 9.15. The van der Waals surface area contributed by atoms with Gasteiger partial charge in [0.2, 0.25) is 0 Å². The quantitative estimate of drug-likeness (QED) is 0.754. The predicted octanol–water partition coefficient (Wildman–Crippen LogP) is 1.51. The predicted molar refractivity (Wildman–Crippen MR) is 56.3 cm³/mol. The molecule has 15 heavy (non-hydrogen) atoms. The van der Waals surface area contributed by atoms with Gasteiger partial charge < -0.3 is 0 Å². The Balaban J connectivity index is 1.94. The first-order valence-corrected chi connectivity index (χ1v) is 5.63. The second-order valence-corrected chi connectivity index (χ2v) is 4.28. The van der Waals surface area contributed by atoms with E-state index in [4.69, 9.17) is 0 Å². The lowest BCUT2D eigenvalue weighted by molar-refractivity contribution is -0.123. The maximum absolute atomic E-state index is 11.9. The Morgan fingerprint density at radius 1 is 1.47 bits per heavy atom. The average Bonchev–Trinajstić information content (AvgIpc) is 2.66. The number of hydrogen-bond donors (Lipinski definition) is 0. The standard InChI is InChI=1S/C11H17N3O/c1-14-11(12-8-13-14)7-10(15)9-5-3-2-4-6-9/h8-9H,2-7H2,1H3. The Labute approximate surface area is 89.7 Å². The second-order valence-electron chi connectivity index (χ2n) is 4.28. The van der Waals surface area contributed by atoms with Gasteiger partial charge >= 0.3 is 0 Å². The van der Waals surface area contributed by atoms with Crippen molar-refractivity contribution >= 4 is 5.78 Å². The zero-order chi connectivity index (χ0) is 10.7. The summed E-state index contributed by atoms with van der Waals surface area (Å²) in [6.45, 7) is 0. The highest BCUT2D eigenvalue weighted by molar-refractivity contribution is 5.82. The number of aromatic nitrogens is 3. The van der Waals surface area contributed by atoms with Crippen molar-refractivity contribution in [2.24, 2.45) is 13.0 Å². The Bertz CT molecular complexity index is 339. The van der Waals surface area contributed by atoms with Crippen LogP contribution in [0.25, 0.3) is 0 Å². The average molecular weight is 207 g/mol. The molecule has 1 heterocycles. The highest BCUT2D eigenvalue weighted by Crippen LogP contribution is 2.25. The van der Waals surface area contributed by atoms with Gasteiger partial charge in [-0.2, -0.15) is 5.10 Å². The lowest BCUT2D eigenvalue weighted by Gasteiger charge is -2.19. The van der Waals surface area contributed by atoms with Gasteiger partial charge in [-0.15, -0.1) is 0 Å². The summed E-state index contributed by atoms with van der Waals surface area (Å²) in [6.07, 6.45) is 7.77. The van der Waals surface area contributed by atoms with Gasteiger partial charge in [0.15, 0.2) is 0 Å². The smallest absolute Gasteiger partial charge is 0.143 e. The molecule has 0 bridgehead atoms. The fourth-order valence-electron chi connectivity index (χ4n) is 2.20. The van der Waals surface area contributed by atoms with Crippen LogP contribution in [0.2, 0.25) is 0 Å². The second kappa shape index (κ2) is 4.55. The van der Waals surface area contributed by atoms with Crippen LogP contribution in [0.15, 0.2) is 6.33 Å². The fourth-order valence-corrected chi connectivity index (χ4v) is 2.20. The van der Waals surface area contributed by atoms with E-state index in [1.165, 1.54) is 25.6 Å². The third kappa shape index (κ3) is 2.43. The summed E-state index contributed by atoms with van der Waals surface area (Å²) >= 11 is 0. The van der Waals surface area contributed by atoms with E-state index in [1.807, 2.05) is 7.05 Å². The number of aryl methyl sites for hydroxylation is 1. The van der Waals surface area contributed by atoms with E-state index in [2.05, 4.69) is 10.1 Å². The van der Waals surface area contributed by atoms with Crippen LogP contribution in [0, 0.1) is 5.92 Å². The summed E-state index contributed by atoms with van der Waals surface area (Å²) < 4.78 is 1.68. The lowest BCUT2D eigenvalue weighted by atomic mass is 9.85. The molecule has 1 aliphatic rings. The molecule has 1 fully saturated rings. The minimum absolute atomic E-state index is 0.274. The molecule has 4 nitrogen and oxygen atoms in total. The SMILES string of the molecule is Cn1ncnc1CC(=O)C1CCCCC1. The van der Waals surface area contributed by atoms with E-state index in [-0.39, 0.29) is 5.92 Å². The van der Waals surface area contributed by atoms with Crippen molar-refractivity contribution in [2.75, 3.05) is 0 Å². The summed E-state index contributed by atoms with van der Waals surface area (Å²) in [7, 11) is 1.83. The van der Waals surface area contributed by atoms with Crippen LogP contribution in [0.3, 0.4) is 0 Å². The first kappa shape index (κ1) is 10.3. The molecule has 2 rings (SSSR count). The molecule has 0 aliphatic heterocycles. The summed E-state index contributed by atoms with van der Waals surface area (Å²) in [5.74, 6) is 1.40. The lowest BCUT2D eigenvalue weighted by Crippen LogP contribution is -2.21. The van der Waals surface area contributed by atoms with Gasteiger partial charge in [0, 0.05) is 13.0 Å². The molecule has 0 aromatic carbocycles. The van der Waals surface area contributed by atoms with Gasteiger partial charge in [0.05, 0.1) is 6.42 Å². The maximum atomic E-state index is 11.9. The van der Waals surface area contributed by atoms with Crippen LogP contribution in [-0.2, 0) is 18.3 Å². The number of rotatable bonds is 3. The molecule has 1 aliphatic carbocycles. The van der Waals surface area contributed by atoms with Gasteiger partial charge in [-0.05, 0) is 12.8 Å². The van der Waals surface area contributed by atoms with Crippen molar-refractivity contribution in [1.82, 2.24) is 14.8 Å². The van der Waals surface area contributed by atoms with Gasteiger partial charge in [0.25, 0.3) is 0 Å². The topological polar surface area (TPSA) is 47.8 Å². The number of carbonyl (C=O) groups is 1. The molecule has 0 amide bonds. The summed E-state index contributed by atoms with van der Waals surface area (Å²) in [6, 6.07) is 0. The fraction of sp³-hybridized carbons (Fsp3) is 0.727. The van der Waals surface area contributed by atoms with E-state index >= 15 is 0 Å². The van der Waals surface area contributed by atoms with Crippen molar-refractivity contribution in [2.45, 2.75) is 38.5 Å². The van der Waals surface area contributed by atoms with Gasteiger partial charge in [0.1, 0.15) is 17.9 Å². The molecule has 0 radical (unpaired) electrons. The first-order chi connectivity index (χ1) is 7.27. The Morgan fingerprint density at radius 2 is 2.20 bits per heavy atom. The van der Waals surface area contributed by atoms with E-state index in [9.17, 15) is 4.79 Å². The van der Waals surface area contributed by atoms with Crippen LogP contribution in [0.1, 0.15) is 37.9 Å². The zero-order valence-electron chi connectivity index (χ0n) is 9.15. The van der Waals surface area contributed by atoms with Crippen LogP contribution < -0.4 is 0 Å². The molecule has 1 aromatic rings. The normalized spacial score (nSPS) is 17.9. The van der Waals surface area contributed by atoms with Crippen LogP contribution in [-0.4, -0.2) is 20.5 Å². The number of ketones is 1. The minimum atomic E-state index is 0.274. The van der Waals surface area contributed by atoms with Crippen molar-refractivity contribution in [3.63, 3.8) is 0 Å². The van der Waals surface area contributed by atoms with Crippen molar-refractivity contribution in [3.8, 4) is 0 Å². The van der Waals surface area contributed by atoms with Crippen molar-refractivity contribution in [1.29, 1.82) is 0 Å². The maximum Gasteiger partial charge on any atom is 0.143 e. The first-order valence-electron chi connectivity index (χ1n) is 5.63. The Hall–Kier alpha value is -1.19. The highest BCUT2D eigenvalue weighted by atomic mass is 16.1. The van der Waals surface area contributed by atoms with Crippen molar-refractivity contribution < 1.29 is 4.79 Å². The third-order valence-electron chi connectivity index (χ3n) is 3.20. The molecular formula is C11H17N3O. The number of carbonyl (C=O) groups excluding carboxylic acids is 1. The van der Waals surface area contributed by atoms with Gasteiger partial charge in [-0.3, -0.25) is 9.48 Å². The summed E-state index contributed by atoms with van der Waals surface area (Å²) in [5, 5.41) is 3.97. The Kier molecular flexibility index (Phi) is 3.14. The van der Waals surface area contributed by atoms with Gasteiger partial charge in [-0.1, -0.05) is 19.3 Å². The van der Waals surface area contributed by atoms with Crippen LogP contribution in [0.4, 0.5) is 0 Å². The van der Waals surface area contributed by atoms with Crippen LogP contribution in [0.5, 0.6) is 0 Å². The van der Waals surface area contributed by atoms with E-state index in [0.717, 1.165) is 18.7 Å². The van der Waals surface area contributed by atoms with E-state index in [0.29, 0.717) is 12.2 Å². The molecular weight excluding hydrogens is 190 g/mol. The molecule has 0 spiro atoms. The number of nitrogens with zero attached hydrogens (tertiary/aromatic N) is 3. The highest BCUT2D eigenvalue weighted by Gasteiger charge is 2.22. The van der Waals surface area contributed by atoms with Gasteiger partial charge in [-0.25, -0.2) is 4.98 Å². The number of Topliss-reactive ketones (excluding diaryl/α,β-unsaturated/α-hetero) is 1. The molecule has 82 valence electrons. The molecule has 4 heteroatoms. The van der Waals surface area contributed by atoms with Crippen molar-refractivity contribution in [3.05, 3.63) is 12.2 Å². The number of hydrogen-bond acceptors (Lipinski definition) is 3. The molecule has 1 aromatic heterocycles. The minimum Gasteiger partial charge on any atom is -0.299 e. The summed E-state index contributed by atoms with van der Waals surface area (Å²) in [4.78, 5) is 16.0. The largest absolute Gasteiger partial charge is 0.299 e. The third-order valence-corrected chi connectivity index (χ3v) is 3.20. The summed E-state index contributed by atoms with van der Waals surface area (Å²) in [5.41, 5.74) is 0. The molecule has 0 saturated heterocycles. The van der Waals surface area contributed by atoms with E-state index < -0.39 is 0 Å². The molecule has 0 atom stereocenters. The molecule has 0 unspecified atom stereocenters. The molecule has 0 N–H and O–H groups in total. The Morgan fingerprint density at radius 3 is 2.80 bits per heavy atom. The van der Waals surface area contributed by atoms with Crippen LogP contribution >= 0.6 is 0 Å². The van der Waals surface area contributed by atoms with E-state index in [1.54, 1.807) is 4.68 Å². The monoisotopic (exact) mass is 207 g/mol.